The highest BCUT2D eigenvalue weighted by atomic mass is 79.9. The highest BCUT2D eigenvalue weighted by Crippen LogP contribution is 2.21. The molecule has 3 N–H and O–H groups in total. The standard InChI is InChI=1S/C14H16BrN3O3/c15-12-3-1-2-4-13(12)17-10-11(9-16)14(21)18(5-7-19)6-8-20/h1-4,10,17,19-20H,5-8H2/b11-10-. The Morgan fingerprint density at radius 1 is 1.33 bits per heavy atom. The highest BCUT2D eigenvalue weighted by molar-refractivity contribution is 9.10. The van der Waals surface area contributed by atoms with E-state index < -0.39 is 5.91 Å². The Bertz CT molecular complexity index is 549. The fourth-order valence-electron chi connectivity index (χ4n) is 1.60. The third-order valence-corrected chi connectivity index (χ3v) is 3.32. The Morgan fingerprint density at radius 2 is 1.95 bits per heavy atom. The summed E-state index contributed by atoms with van der Waals surface area (Å²) in [6.45, 7) is -0.342. The van der Waals surface area contributed by atoms with E-state index in [0.29, 0.717) is 5.69 Å². The molecule has 1 amide bonds. The summed E-state index contributed by atoms with van der Waals surface area (Å²) in [5, 5.41) is 29.8. The number of nitrogens with one attached hydrogen (secondary N) is 1. The van der Waals surface area contributed by atoms with Gasteiger partial charge in [-0.3, -0.25) is 4.79 Å². The molecule has 6 nitrogen and oxygen atoms in total. The van der Waals surface area contributed by atoms with E-state index in [1.165, 1.54) is 11.1 Å². The van der Waals surface area contributed by atoms with Crippen LogP contribution in [0.3, 0.4) is 0 Å². The molecule has 0 aliphatic carbocycles. The number of nitriles is 1. The van der Waals surface area contributed by atoms with E-state index in [-0.39, 0.29) is 31.9 Å². The highest BCUT2D eigenvalue weighted by Gasteiger charge is 2.17. The van der Waals surface area contributed by atoms with Crippen molar-refractivity contribution in [3.8, 4) is 6.07 Å². The van der Waals surface area contributed by atoms with Crippen LogP contribution in [0.15, 0.2) is 40.5 Å². The molecule has 112 valence electrons. The molecule has 0 atom stereocenters. The van der Waals surface area contributed by atoms with Crippen molar-refractivity contribution >= 4 is 27.5 Å². The van der Waals surface area contributed by atoms with E-state index in [4.69, 9.17) is 15.5 Å². The summed E-state index contributed by atoms with van der Waals surface area (Å²) in [7, 11) is 0. The fourth-order valence-corrected chi connectivity index (χ4v) is 2.00. The Kier molecular flexibility index (Phi) is 7.46. The van der Waals surface area contributed by atoms with Crippen LogP contribution in [0.1, 0.15) is 0 Å². The molecule has 0 aliphatic heterocycles. The lowest BCUT2D eigenvalue weighted by atomic mass is 10.2. The average Bonchev–Trinajstić information content (AvgIpc) is 2.49. The van der Waals surface area contributed by atoms with Crippen molar-refractivity contribution in [1.82, 2.24) is 4.90 Å². The van der Waals surface area contributed by atoms with Crippen LogP contribution in [0.4, 0.5) is 5.69 Å². The first kappa shape index (κ1) is 17.2. The predicted octanol–water partition coefficient (Wildman–Crippen LogP) is 1.08. The van der Waals surface area contributed by atoms with Gasteiger partial charge in [0.25, 0.3) is 5.91 Å². The zero-order valence-electron chi connectivity index (χ0n) is 11.3. The summed E-state index contributed by atoms with van der Waals surface area (Å²) in [4.78, 5) is 13.3. The first-order chi connectivity index (χ1) is 10.1. The van der Waals surface area contributed by atoms with E-state index in [9.17, 15) is 4.79 Å². The molecule has 0 spiro atoms. The predicted molar refractivity (Wildman–Crippen MR) is 82.2 cm³/mol. The lowest BCUT2D eigenvalue weighted by Crippen LogP contribution is -2.36. The molecule has 0 bridgehead atoms. The van der Waals surface area contributed by atoms with Crippen LogP contribution in [0.5, 0.6) is 0 Å². The summed E-state index contributed by atoms with van der Waals surface area (Å²) in [6.07, 6.45) is 1.31. The Hall–Kier alpha value is -1.88. The normalized spacial score (nSPS) is 10.9. The number of nitrogens with zero attached hydrogens (tertiary/aromatic N) is 2. The minimum Gasteiger partial charge on any atom is -0.395 e. The molecule has 0 heterocycles. The molecule has 0 fully saturated rings. The van der Waals surface area contributed by atoms with Crippen molar-refractivity contribution in [3.05, 3.63) is 40.5 Å². The molecule has 0 saturated heterocycles. The van der Waals surface area contributed by atoms with E-state index in [2.05, 4.69) is 21.2 Å². The van der Waals surface area contributed by atoms with Gasteiger partial charge in [0.2, 0.25) is 0 Å². The molecule has 1 rings (SSSR count). The molecule has 0 aliphatic rings. The van der Waals surface area contributed by atoms with Gasteiger partial charge in [-0.1, -0.05) is 12.1 Å². The molecule has 0 radical (unpaired) electrons. The average molecular weight is 354 g/mol. The van der Waals surface area contributed by atoms with Crippen molar-refractivity contribution in [2.24, 2.45) is 0 Å². The third-order valence-electron chi connectivity index (χ3n) is 2.62. The smallest absolute Gasteiger partial charge is 0.266 e. The van der Waals surface area contributed by atoms with Crippen LogP contribution in [0.25, 0.3) is 0 Å². The van der Waals surface area contributed by atoms with Gasteiger partial charge in [0.15, 0.2) is 0 Å². The second-order valence-electron chi connectivity index (χ2n) is 4.03. The minimum absolute atomic E-state index is 0.0629. The maximum absolute atomic E-state index is 12.1. The van der Waals surface area contributed by atoms with E-state index in [1.807, 2.05) is 24.3 Å². The molecule has 0 unspecified atom stereocenters. The summed E-state index contributed by atoms with van der Waals surface area (Å²) >= 11 is 3.35. The molecule has 0 aromatic heterocycles. The van der Waals surface area contributed by atoms with Crippen molar-refractivity contribution in [3.63, 3.8) is 0 Å². The second-order valence-corrected chi connectivity index (χ2v) is 4.89. The Balaban J connectivity index is 2.86. The number of aliphatic hydroxyl groups is 2. The van der Waals surface area contributed by atoms with E-state index >= 15 is 0 Å². The van der Waals surface area contributed by atoms with Crippen LogP contribution >= 0.6 is 15.9 Å². The number of benzene rings is 1. The van der Waals surface area contributed by atoms with Crippen LogP contribution < -0.4 is 5.32 Å². The fraction of sp³-hybridized carbons (Fsp3) is 0.286. The molecule has 21 heavy (non-hydrogen) atoms. The second kappa shape index (κ2) is 9.13. The number of anilines is 1. The number of hydrogen-bond donors (Lipinski definition) is 3. The van der Waals surface area contributed by atoms with E-state index in [0.717, 1.165) is 4.47 Å². The Morgan fingerprint density at radius 3 is 2.48 bits per heavy atom. The van der Waals surface area contributed by atoms with Crippen LogP contribution in [0, 0.1) is 11.3 Å². The molecule has 1 aromatic carbocycles. The number of hydrogen-bond acceptors (Lipinski definition) is 5. The van der Waals surface area contributed by atoms with Crippen LogP contribution in [-0.4, -0.2) is 47.3 Å². The van der Waals surface area contributed by atoms with Gasteiger partial charge in [0.05, 0.1) is 18.9 Å². The maximum Gasteiger partial charge on any atom is 0.266 e. The van der Waals surface area contributed by atoms with Crippen molar-refractivity contribution in [1.29, 1.82) is 5.26 Å². The number of carbonyl (C=O) groups excluding carboxylic acids is 1. The third kappa shape index (κ3) is 5.19. The largest absolute Gasteiger partial charge is 0.395 e. The first-order valence-corrected chi connectivity index (χ1v) is 7.05. The SMILES string of the molecule is N#C/C(=C/Nc1ccccc1Br)C(=O)N(CCO)CCO. The van der Waals surface area contributed by atoms with Gasteiger partial charge in [0.1, 0.15) is 11.6 Å². The topological polar surface area (TPSA) is 96.6 Å². The zero-order chi connectivity index (χ0) is 15.7. The molecule has 7 heteroatoms. The van der Waals surface area contributed by atoms with Gasteiger partial charge < -0.3 is 20.4 Å². The lowest BCUT2D eigenvalue weighted by Gasteiger charge is -2.20. The minimum atomic E-state index is -0.542. The van der Waals surface area contributed by atoms with Gasteiger partial charge in [-0.15, -0.1) is 0 Å². The zero-order valence-corrected chi connectivity index (χ0v) is 12.9. The summed E-state index contributed by atoms with van der Waals surface area (Å²) in [5.41, 5.74) is 0.613. The number of amides is 1. The molecular weight excluding hydrogens is 338 g/mol. The number of aliphatic hydroxyl groups excluding tert-OH is 2. The van der Waals surface area contributed by atoms with Gasteiger partial charge in [-0.05, 0) is 28.1 Å². The van der Waals surface area contributed by atoms with Crippen molar-refractivity contribution in [2.45, 2.75) is 0 Å². The van der Waals surface area contributed by atoms with Gasteiger partial charge in [-0.2, -0.15) is 5.26 Å². The van der Waals surface area contributed by atoms with E-state index in [1.54, 1.807) is 6.07 Å². The number of rotatable bonds is 7. The van der Waals surface area contributed by atoms with Gasteiger partial charge >= 0.3 is 0 Å². The van der Waals surface area contributed by atoms with Crippen molar-refractivity contribution in [2.75, 3.05) is 31.6 Å². The number of halogens is 1. The molecular formula is C14H16BrN3O3. The monoisotopic (exact) mass is 353 g/mol. The van der Waals surface area contributed by atoms with Crippen LogP contribution in [0.2, 0.25) is 0 Å². The first-order valence-electron chi connectivity index (χ1n) is 6.26. The Labute approximate surface area is 131 Å². The number of carbonyl (C=O) groups is 1. The summed E-state index contributed by atoms with van der Waals surface area (Å²) in [6, 6.07) is 9.10. The van der Waals surface area contributed by atoms with Crippen LogP contribution in [-0.2, 0) is 4.79 Å². The summed E-state index contributed by atoms with van der Waals surface area (Å²) < 4.78 is 0.800. The maximum atomic E-state index is 12.1. The van der Waals surface area contributed by atoms with Gasteiger partial charge in [0, 0.05) is 23.8 Å². The lowest BCUT2D eigenvalue weighted by molar-refractivity contribution is -0.127. The quantitative estimate of drug-likeness (QED) is 0.503. The summed E-state index contributed by atoms with van der Waals surface area (Å²) in [5.74, 6) is -0.542. The molecule has 0 saturated carbocycles. The van der Waals surface area contributed by atoms with Gasteiger partial charge in [-0.25, -0.2) is 0 Å². The molecule has 1 aromatic rings. The number of para-hydroxylation sites is 1. The van der Waals surface area contributed by atoms with Crippen molar-refractivity contribution < 1.29 is 15.0 Å².